The number of benzene rings is 2. The second-order valence-corrected chi connectivity index (χ2v) is 11.4. The molecular weight excluding hydrogens is 502 g/mol. The van der Waals surface area contributed by atoms with Crippen LogP contribution in [0.5, 0.6) is 5.75 Å². The number of fused-ring (bicyclic) bond motifs is 1. The summed E-state index contributed by atoms with van der Waals surface area (Å²) in [6.45, 7) is 2.23. The average Bonchev–Trinajstić information content (AvgIpc) is 3.57. The van der Waals surface area contributed by atoms with Crippen molar-refractivity contribution < 1.29 is 13.2 Å². The molecule has 0 amide bonds. The number of hydrogen-bond acceptors (Lipinski definition) is 8. The average molecular weight is 536 g/mol. The van der Waals surface area contributed by atoms with Crippen molar-refractivity contribution in [3.8, 4) is 5.75 Å². The van der Waals surface area contributed by atoms with Gasteiger partial charge >= 0.3 is 0 Å². The summed E-state index contributed by atoms with van der Waals surface area (Å²) < 4.78 is 33.0. The highest BCUT2D eigenvalue weighted by molar-refractivity contribution is 7.92. The number of nitrogens with zero attached hydrogens (tertiary/aromatic N) is 4. The zero-order valence-electron chi connectivity index (χ0n) is 21.6. The van der Waals surface area contributed by atoms with Crippen LogP contribution in [0.3, 0.4) is 0 Å². The molecule has 0 aliphatic carbocycles. The van der Waals surface area contributed by atoms with E-state index in [9.17, 15) is 8.42 Å². The number of ether oxygens (including phenoxy) is 1. The second kappa shape index (κ2) is 11.3. The summed E-state index contributed by atoms with van der Waals surface area (Å²) in [5, 5.41) is 14.7. The molecule has 1 aliphatic rings. The van der Waals surface area contributed by atoms with E-state index in [1.807, 2.05) is 60.8 Å². The highest BCUT2D eigenvalue weighted by Gasteiger charge is 2.16. The molecule has 0 radical (unpaired) electrons. The fraction of sp³-hybridized carbons (Fsp3) is 0.333. The van der Waals surface area contributed by atoms with Gasteiger partial charge in [-0.05, 0) is 73.8 Å². The Labute approximate surface area is 223 Å². The monoisotopic (exact) mass is 535 g/mol. The highest BCUT2D eigenvalue weighted by Crippen LogP contribution is 2.25. The van der Waals surface area contributed by atoms with E-state index in [1.54, 1.807) is 17.6 Å². The van der Waals surface area contributed by atoms with Gasteiger partial charge in [-0.2, -0.15) is 4.98 Å². The number of sulfonamides is 1. The maximum Gasteiger partial charge on any atom is 0.247 e. The Hall–Kier alpha value is -3.83. The lowest BCUT2D eigenvalue weighted by Crippen LogP contribution is -2.26. The van der Waals surface area contributed by atoms with Crippen molar-refractivity contribution in [2.24, 2.45) is 0 Å². The Morgan fingerprint density at radius 1 is 1.13 bits per heavy atom. The molecule has 2 aromatic heterocycles. The fourth-order valence-corrected chi connectivity index (χ4v) is 5.05. The third-order valence-corrected chi connectivity index (χ3v) is 7.86. The minimum atomic E-state index is -3.37. The van der Waals surface area contributed by atoms with Gasteiger partial charge in [0.15, 0.2) is 5.65 Å². The molecule has 200 valence electrons. The van der Waals surface area contributed by atoms with E-state index in [-0.39, 0.29) is 0 Å². The van der Waals surface area contributed by atoms with Crippen molar-refractivity contribution in [3.05, 3.63) is 72.4 Å². The minimum absolute atomic E-state index is 0.420. The largest absolute Gasteiger partial charge is 0.494 e. The Morgan fingerprint density at radius 3 is 2.71 bits per heavy atom. The van der Waals surface area contributed by atoms with Crippen molar-refractivity contribution in [2.75, 3.05) is 41.4 Å². The van der Waals surface area contributed by atoms with Crippen LogP contribution < -0.4 is 25.0 Å². The van der Waals surface area contributed by atoms with Gasteiger partial charge in [0.05, 0.1) is 24.2 Å². The second-order valence-electron chi connectivity index (χ2n) is 9.42. The molecular formula is C27H33N7O3S. The molecule has 3 heterocycles. The van der Waals surface area contributed by atoms with Crippen LogP contribution in [0.1, 0.15) is 24.8 Å². The summed E-state index contributed by atoms with van der Waals surface area (Å²) in [5.41, 5.74) is 3.77. The zero-order valence-corrected chi connectivity index (χ0v) is 22.4. The molecule has 10 nitrogen and oxygen atoms in total. The molecule has 1 unspecified atom stereocenters. The van der Waals surface area contributed by atoms with Gasteiger partial charge in [-0.25, -0.2) is 12.9 Å². The van der Waals surface area contributed by atoms with Crippen LogP contribution in [0.2, 0.25) is 0 Å². The molecule has 1 aliphatic heterocycles. The molecule has 1 fully saturated rings. The SMILES string of the molecule is CN(c1ccccc1CNc1cccn2nc(Nc3ccc(OCCC4CCCN4)cc3)nc12)S(C)(=O)=O. The summed E-state index contributed by atoms with van der Waals surface area (Å²) >= 11 is 0. The van der Waals surface area contributed by atoms with Crippen molar-refractivity contribution in [1.82, 2.24) is 19.9 Å². The van der Waals surface area contributed by atoms with E-state index in [0.717, 1.165) is 35.7 Å². The third-order valence-electron chi connectivity index (χ3n) is 6.67. The summed E-state index contributed by atoms with van der Waals surface area (Å²) in [5.74, 6) is 1.31. The first-order valence-corrected chi connectivity index (χ1v) is 14.6. The molecule has 3 N–H and O–H groups in total. The Morgan fingerprint density at radius 2 is 1.95 bits per heavy atom. The molecule has 5 rings (SSSR count). The molecule has 1 saturated heterocycles. The van der Waals surface area contributed by atoms with Gasteiger partial charge in [0.25, 0.3) is 0 Å². The number of pyridine rings is 1. The minimum Gasteiger partial charge on any atom is -0.494 e. The molecule has 4 aromatic rings. The van der Waals surface area contributed by atoms with Gasteiger partial charge in [-0.1, -0.05) is 18.2 Å². The van der Waals surface area contributed by atoms with Crippen LogP contribution in [-0.4, -0.2) is 55.5 Å². The summed E-state index contributed by atoms with van der Waals surface area (Å²) in [4.78, 5) is 4.67. The summed E-state index contributed by atoms with van der Waals surface area (Å²) in [6, 6.07) is 19.6. The van der Waals surface area contributed by atoms with E-state index in [1.165, 1.54) is 23.4 Å². The predicted molar refractivity (Wildman–Crippen MR) is 151 cm³/mol. The van der Waals surface area contributed by atoms with Crippen LogP contribution >= 0.6 is 0 Å². The summed E-state index contributed by atoms with van der Waals surface area (Å²) in [6.07, 6.45) is 6.51. The molecule has 11 heteroatoms. The number of rotatable bonds is 11. The first kappa shape index (κ1) is 25.8. The lowest BCUT2D eigenvalue weighted by atomic mass is 10.1. The van der Waals surface area contributed by atoms with Crippen LogP contribution in [-0.2, 0) is 16.6 Å². The van der Waals surface area contributed by atoms with Crippen LogP contribution in [0, 0.1) is 0 Å². The van der Waals surface area contributed by atoms with Crippen molar-refractivity contribution in [3.63, 3.8) is 0 Å². The maximum atomic E-state index is 12.1. The van der Waals surface area contributed by atoms with E-state index in [0.29, 0.717) is 36.5 Å². The van der Waals surface area contributed by atoms with Crippen LogP contribution in [0.15, 0.2) is 66.9 Å². The van der Waals surface area contributed by atoms with Crippen LogP contribution in [0.25, 0.3) is 5.65 Å². The maximum absolute atomic E-state index is 12.1. The number of anilines is 4. The smallest absolute Gasteiger partial charge is 0.247 e. The standard InChI is InChI=1S/C27H33N7O3S/c1-33(38(2,35)36)25-10-4-3-7-20(25)19-29-24-9-6-17-34-26(24)31-27(32-34)30-22-11-13-23(14-12-22)37-18-15-21-8-5-16-28-21/h3-4,6-7,9-14,17,21,28-29H,5,8,15-16,18-19H2,1-2H3,(H,30,32). The Balaban J connectivity index is 1.24. The van der Waals surface area contributed by atoms with Crippen LogP contribution in [0.4, 0.5) is 23.0 Å². The topological polar surface area (TPSA) is 113 Å². The van der Waals surface area contributed by atoms with E-state index in [4.69, 9.17) is 4.74 Å². The van der Waals surface area contributed by atoms with Crippen molar-refractivity contribution in [1.29, 1.82) is 0 Å². The first-order chi connectivity index (χ1) is 18.4. The highest BCUT2D eigenvalue weighted by atomic mass is 32.2. The number of para-hydroxylation sites is 1. The van der Waals surface area contributed by atoms with Crippen molar-refractivity contribution in [2.45, 2.75) is 31.8 Å². The molecule has 0 spiro atoms. The van der Waals surface area contributed by atoms with Gasteiger partial charge in [0.2, 0.25) is 16.0 Å². The molecule has 1 atom stereocenters. The van der Waals surface area contributed by atoms with E-state index in [2.05, 4.69) is 26.0 Å². The van der Waals surface area contributed by atoms with Gasteiger partial charge in [0.1, 0.15) is 5.75 Å². The van der Waals surface area contributed by atoms with Crippen molar-refractivity contribution >= 4 is 38.7 Å². The quantitative estimate of drug-likeness (QED) is 0.264. The van der Waals surface area contributed by atoms with Gasteiger partial charge < -0.3 is 20.7 Å². The Bertz CT molecular complexity index is 1480. The molecule has 2 aromatic carbocycles. The molecule has 0 saturated carbocycles. The molecule has 0 bridgehead atoms. The number of aromatic nitrogens is 3. The molecule has 38 heavy (non-hydrogen) atoms. The predicted octanol–water partition coefficient (Wildman–Crippen LogP) is 4.00. The Kier molecular flexibility index (Phi) is 7.66. The summed E-state index contributed by atoms with van der Waals surface area (Å²) in [7, 11) is -1.82. The van der Waals surface area contributed by atoms with E-state index >= 15 is 0 Å². The van der Waals surface area contributed by atoms with Gasteiger partial charge in [-0.3, -0.25) is 4.31 Å². The fourth-order valence-electron chi connectivity index (χ4n) is 4.52. The number of hydrogen-bond donors (Lipinski definition) is 3. The zero-order chi connectivity index (χ0) is 26.5. The van der Waals surface area contributed by atoms with Gasteiger partial charge in [-0.15, -0.1) is 5.10 Å². The van der Waals surface area contributed by atoms with Gasteiger partial charge in [0, 0.05) is 31.5 Å². The lowest BCUT2D eigenvalue weighted by Gasteiger charge is -2.20. The third kappa shape index (κ3) is 6.17. The lowest BCUT2D eigenvalue weighted by molar-refractivity contribution is 0.292. The number of nitrogens with one attached hydrogen (secondary N) is 3. The normalized spacial score (nSPS) is 15.5. The van der Waals surface area contributed by atoms with E-state index < -0.39 is 10.0 Å². The first-order valence-electron chi connectivity index (χ1n) is 12.7.